The number of benzene rings is 2. The summed E-state index contributed by atoms with van der Waals surface area (Å²) in [5.74, 6) is 0.591. The largest absolute Gasteiger partial charge is 0.336 e. The van der Waals surface area contributed by atoms with Gasteiger partial charge in [0, 0.05) is 37.7 Å². The van der Waals surface area contributed by atoms with Crippen LogP contribution in [0.3, 0.4) is 0 Å². The fourth-order valence-electron chi connectivity index (χ4n) is 3.66. The van der Waals surface area contributed by atoms with E-state index in [1.54, 1.807) is 17.3 Å². The summed E-state index contributed by atoms with van der Waals surface area (Å²) >= 11 is 0. The molecule has 2 heterocycles. The lowest BCUT2D eigenvalue weighted by molar-refractivity contribution is 0.0987. The van der Waals surface area contributed by atoms with E-state index in [-0.39, 0.29) is 5.91 Å². The van der Waals surface area contributed by atoms with Crippen molar-refractivity contribution in [3.05, 3.63) is 83.2 Å². The molecule has 4 rings (SSSR count). The van der Waals surface area contributed by atoms with Crippen molar-refractivity contribution in [3.8, 4) is 0 Å². The van der Waals surface area contributed by atoms with E-state index in [9.17, 15) is 4.79 Å². The summed E-state index contributed by atoms with van der Waals surface area (Å²) in [5, 5.41) is 0. The van der Waals surface area contributed by atoms with Gasteiger partial charge in [0.15, 0.2) is 0 Å². The summed E-state index contributed by atoms with van der Waals surface area (Å²) in [6, 6.07) is 16.4. The third kappa shape index (κ3) is 3.60. The molecule has 0 radical (unpaired) electrons. The zero-order valence-electron chi connectivity index (χ0n) is 16.3. The summed E-state index contributed by atoms with van der Waals surface area (Å²) in [6.45, 7) is 6.27. The number of fused-ring (bicyclic) bond motifs is 1. The molecule has 5 heteroatoms. The first-order valence-corrected chi connectivity index (χ1v) is 9.68. The Morgan fingerprint density at radius 2 is 1.82 bits per heavy atom. The van der Waals surface area contributed by atoms with Gasteiger partial charge in [-0.2, -0.15) is 0 Å². The second-order valence-corrected chi connectivity index (χ2v) is 7.10. The molecule has 0 bridgehead atoms. The average molecular weight is 372 g/mol. The van der Waals surface area contributed by atoms with E-state index < -0.39 is 0 Å². The highest BCUT2D eigenvalue weighted by Gasteiger charge is 2.20. The highest BCUT2D eigenvalue weighted by molar-refractivity contribution is 6.05. The number of carbonyl (C=O) groups excluding carboxylic acids is 1. The minimum Gasteiger partial charge on any atom is -0.336 e. The first kappa shape index (κ1) is 18.2. The van der Waals surface area contributed by atoms with E-state index in [0.29, 0.717) is 18.1 Å². The number of rotatable bonds is 4. The van der Waals surface area contributed by atoms with Gasteiger partial charge in [-0.05, 0) is 49.1 Å². The van der Waals surface area contributed by atoms with E-state index in [1.807, 2.05) is 38.1 Å². The fraction of sp³-hybridized carbons (Fsp3) is 0.261. The Kier molecular flexibility index (Phi) is 5.06. The maximum absolute atomic E-state index is 13.0. The van der Waals surface area contributed by atoms with E-state index in [1.165, 1.54) is 11.1 Å². The van der Waals surface area contributed by atoms with Gasteiger partial charge in [-0.1, -0.05) is 36.4 Å². The average Bonchev–Trinajstić information content (AvgIpc) is 2.74. The van der Waals surface area contributed by atoms with Crippen LogP contribution in [-0.4, -0.2) is 29.0 Å². The first-order chi connectivity index (χ1) is 13.7. The summed E-state index contributed by atoms with van der Waals surface area (Å²) < 4.78 is 0. The number of aromatic nitrogens is 2. The van der Waals surface area contributed by atoms with Crippen LogP contribution >= 0.6 is 0 Å². The van der Waals surface area contributed by atoms with Crippen molar-refractivity contribution in [2.45, 2.75) is 26.8 Å². The minimum absolute atomic E-state index is 0.0800. The molecule has 5 nitrogen and oxygen atoms in total. The van der Waals surface area contributed by atoms with E-state index >= 15 is 0 Å². The molecule has 142 valence electrons. The molecule has 0 spiro atoms. The van der Waals surface area contributed by atoms with Crippen LogP contribution in [0.5, 0.6) is 0 Å². The lowest BCUT2D eigenvalue weighted by Crippen LogP contribution is -2.33. The molecule has 28 heavy (non-hydrogen) atoms. The summed E-state index contributed by atoms with van der Waals surface area (Å²) in [6.07, 6.45) is 4.27. The van der Waals surface area contributed by atoms with Gasteiger partial charge in [-0.3, -0.25) is 4.79 Å². The lowest BCUT2D eigenvalue weighted by atomic mass is 10.0. The topological polar surface area (TPSA) is 49.3 Å². The van der Waals surface area contributed by atoms with Crippen LogP contribution in [0.15, 0.2) is 60.9 Å². The van der Waals surface area contributed by atoms with Crippen LogP contribution in [0.25, 0.3) is 0 Å². The SMILES string of the molecule is CCN(C(=O)c1cnc(N2CCc3ccccc3C2)nc1)c1cccc(C)c1. The van der Waals surface area contributed by atoms with Gasteiger partial charge in [-0.15, -0.1) is 0 Å². The molecule has 0 aliphatic carbocycles. The highest BCUT2D eigenvalue weighted by Crippen LogP contribution is 2.22. The second-order valence-electron chi connectivity index (χ2n) is 7.10. The number of aryl methyl sites for hydroxylation is 1. The van der Waals surface area contributed by atoms with Crippen LogP contribution in [0.2, 0.25) is 0 Å². The van der Waals surface area contributed by atoms with Crippen molar-refractivity contribution < 1.29 is 4.79 Å². The molecule has 0 N–H and O–H groups in total. The quantitative estimate of drug-likeness (QED) is 0.694. The summed E-state index contributed by atoms with van der Waals surface area (Å²) in [5.41, 5.74) is 5.23. The van der Waals surface area contributed by atoms with Gasteiger partial charge in [0.25, 0.3) is 5.91 Å². The molecule has 0 unspecified atom stereocenters. The van der Waals surface area contributed by atoms with Gasteiger partial charge in [0.2, 0.25) is 5.95 Å². The van der Waals surface area contributed by atoms with E-state index in [0.717, 1.165) is 30.8 Å². The fourth-order valence-corrected chi connectivity index (χ4v) is 3.66. The Bertz CT molecular complexity index is 984. The van der Waals surface area contributed by atoms with Crippen molar-refractivity contribution in [1.29, 1.82) is 0 Å². The van der Waals surface area contributed by atoms with Gasteiger partial charge >= 0.3 is 0 Å². The van der Waals surface area contributed by atoms with Gasteiger partial charge in [0.05, 0.1) is 5.56 Å². The zero-order valence-corrected chi connectivity index (χ0v) is 16.3. The monoisotopic (exact) mass is 372 g/mol. The predicted octanol–water partition coefficient (Wildman–Crippen LogP) is 4.01. The van der Waals surface area contributed by atoms with E-state index in [4.69, 9.17) is 0 Å². The Morgan fingerprint density at radius 1 is 1.07 bits per heavy atom. The molecule has 0 atom stereocenters. The van der Waals surface area contributed by atoms with Crippen molar-refractivity contribution in [3.63, 3.8) is 0 Å². The van der Waals surface area contributed by atoms with Crippen LogP contribution in [0.4, 0.5) is 11.6 Å². The van der Waals surface area contributed by atoms with Crippen molar-refractivity contribution in [2.75, 3.05) is 22.9 Å². The van der Waals surface area contributed by atoms with Gasteiger partial charge < -0.3 is 9.80 Å². The zero-order chi connectivity index (χ0) is 19.5. The van der Waals surface area contributed by atoms with Gasteiger partial charge in [0.1, 0.15) is 0 Å². The Morgan fingerprint density at radius 3 is 2.54 bits per heavy atom. The van der Waals surface area contributed by atoms with Crippen molar-refractivity contribution >= 4 is 17.5 Å². The Balaban J connectivity index is 1.52. The third-order valence-corrected chi connectivity index (χ3v) is 5.17. The van der Waals surface area contributed by atoms with Crippen LogP contribution in [0.1, 0.15) is 34.0 Å². The highest BCUT2D eigenvalue weighted by atomic mass is 16.2. The lowest BCUT2D eigenvalue weighted by Gasteiger charge is -2.28. The molecule has 1 aromatic heterocycles. The summed E-state index contributed by atoms with van der Waals surface area (Å²) in [4.78, 5) is 25.9. The Labute approximate surface area is 165 Å². The normalized spacial score (nSPS) is 13.1. The van der Waals surface area contributed by atoms with Gasteiger partial charge in [-0.25, -0.2) is 9.97 Å². The molecule has 1 aliphatic heterocycles. The molecule has 0 fully saturated rings. The molecular formula is C23H24N4O. The maximum atomic E-state index is 13.0. The number of hydrogen-bond donors (Lipinski definition) is 0. The summed E-state index contributed by atoms with van der Waals surface area (Å²) in [7, 11) is 0. The molecule has 3 aromatic rings. The standard InChI is InChI=1S/C23H24N4O/c1-3-27(21-10-6-7-17(2)13-21)22(28)20-14-24-23(25-15-20)26-12-11-18-8-4-5-9-19(18)16-26/h4-10,13-15H,3,11-12,16H2,1-2H3. The minimum atomic E-state index is -0.0800. The maximum Gasteiger partial charge on any atom is 0.261 e. The molecular weight excluding hydrogens is 348 g/mol. The number of anilines is 2. The molecule has 1 aliphatic rings. The number of carbonyl (C=O) groups is 1. The molecule has 0 saturated heterocycles. The van der Waals surface area contributed by atoms with Crippen LogP contribution in [0, 0.1) is 6.92 Å². The Hall–Kier alpha value is -3.21. The van der Waals surface area contributed by atoms with Crippen LogP contribution in [-0.2, 0) is 13.0 Å². The van der Waals surface area contributed by atoms with Crippen LogP contribution < -0.4 is 9.80 Å². The predicted molar refractivity (Wildman–Crippen MR) is 112 cm³/mol. The first-order valence-electron chi connectivity index (χ1n) is 9.68. The third-order valence-electron chi connectivity index (χ3n) is 5.17. The molecule has 2 aromatic carbocycles. The van der Waals surface area contributed by atoms with E-state index in [2.05, 4.69) is 39.1 Å². The number of hydrogen-bond acceptors (Lipinski definition) is 4. The number of nitrogens with zero attached hydrogens (tertiary/aromatic N) is 4. The van der Waals surface area contributed by atoms with Crippen molar-refractivity contribution in [2.24, 2.45) is 0 Å². The number of amides is 1. The molecule has 1 amide bonds. The second kappa shape index (κ2) is 7.80. The molecule has 0 saturated carbocycles. The van der Waals surface area contributed by atoms with Crippen molar-refractivity contribution in [1.82, 2.24) is 9.97 Å². The smallest absolute Gasteiger partial charge is 0.261 e.